The minimum absolute atomic E-state index is 0.255. The van der Waals surface area contributed by atoms with Crippen LogP contribution < -0.4 is 5.43 Å². The van der Waals surface area contributed by atoms with Gasteiger partial charge in [-0.05, 0) is 13.0 Å². The molecule has 0 bridgehead atoms. The predicted octanol–water partition coefficient (Wildman–Crippen LogP) is 1.59. The van der Waals surface area contributed by atoms with Crippen LogP contribution in [-0.2, 0) is 6.54 Å². The summed E-state index contributed by atoms with van der Waals surface area (Å²) in [5, 5.41) is 20.7. The van der Waals surface area contributed by atoms with E-state index in [-0.39, 0.29) is 5.56 Å². The van der Waals surface area contributed by atoms with Crippen LogP contribution in [0.3, 0.4) is 0 Å². The lowest BCUT2D eigenvalue weighted by molar-refractivity contribution is 0.0695. The molecule has 2 rings (SSSR count). The monoisotopic (exact) mass is 266 g/mol. The first-order valence-electron chi connectivity index (χ1n) is 5.16. The molecule has 0 radical (unpaired) electrons. The lowest BCUT2D eigenvalue weighted by Gasteiger charge is -2.05. The van der Waals surface area contributed by atoms with Gasteiger partial charge in [0, 0.05) is 12.7 Å². The Kier molecular flexibility index (Phi) is 3.15. The van der Waals surface area contributed by atoms with E-state index in [0.29, 0.717) is 21.6 Å². The van der Waals surface area contributed by atoms with Crippen molar-refractivity contribution in [2.24, 2.45) is 5.16 Å². The average Bonchev–Trinajstić information content (AvgIpc) is 2.74. The van der Waals surface area contributed by atoms with Crippen LogP contribution in [0.25, 0.3) is 10.2 Å². The van der Waals surface area contributed by atoms with Gasteiger partial charge in [0.15, 0.2) is 0 Å². The second kappa shape index (κ2) is 4.61. The molecular weight excluding hydrogens is 256 g/mol. The van der Waals surface area contributed by atoms with Gasteiger partial charge in [0.2, 0.25) is 5.43 Å². The molecule has 0 atom stereocenters. The predicted molar refractivity (Wildman–Crippen MR) is 68.1 cm³/mol. The molecule has 0 aliphatic rings. The number of hydrogen-bond acceptors (Lipinski definition) is 5. The first-order chi connectivity index (χ1) is 8.58. The largest absolute Gasteiger partial charge is 0.477 e. The van der Waals surface area contributed by atoms with E-state index in [4.69, 9.17) is 10.3 Å². The van der Waals surface area contributed by atoms with Crippen LogP contribution in [0.2, 0.25) is 0 Å². The molecule has 7 heteroatoms. The first kappa shape index (κ1) is 12.3. The average molecular weight is 266 g/mol. The number of aromatic nitrogens is 1. The number of oxime groups is 1. The minimum Gasteiger partial charge on any atom is -0.477 e. The highest BCUT2D eigenvalue weighted by Crippen LogP contribution is 2.22. The van der Waals surface area contributed by atoms with E-state index in [0.717, 1.165) is 0 Å². The van der Waals surface area contributed by atoms with Crippen molar-refractivity contribution in [2.75, 3.05) is 0 Å². The molecule has 0 saturated heterocycles. The zero-order chi connectivity index (χ0) is 13.3. The molecule has 2 N–H and O–H groups in total. The Morgan fingerprint density at radius 3 is 2.89 bits per heavy atom. The topological polar surface area (TPSA) is 91.9 Å². The molecule has 0 saturated carbocycles. The third-order valence-corrected chi connectivity index (χ3v) is 3.63. The minimum atomic E-state index is -1.24. The Bertz CT molecular complexity index is 699. The fourth-order valence-corrected chi connectivity index (χ4v) is 2.76. The summed E-state index contributed by atoms with van der Waals surface area (Å²) < 4.78 is 1.69. The summed E-state index contributed by atoms with van der Waals surface area (Å²) in [6, 6.07) is 1.53. The van der Waals surface area contributed by atoms with Crippen molar-refractivity contribution in [3.8, 4) is 0 Å². The Morgan fingerprint density at radius 1 is 1.61 bits per heavy atom. The number of nitrogens with zero attached hydrogens (tertiary/aromatic N) is 2. The molecule has 0 aliphatic heterocycles. The van der Waals surface area contributed by atoms with Gasteiger partial charge in [-0.2, -0.15) is 0 Å². The molecule has 2 aromatic rings. The summed E-state index contributed by atoms with van der Waals surface area (Å²) in [7, 11) is 0. The van der Waals surface area contributed by atoms with Gasteiger partial charge in [-0.25, -0.2) is 4.79 Å². The van der Waals surface area contributed by atoms with Gasteiger partial charge in [-0.3, -0.25) is 4.79 Å². The summed E-state index contributed by atoms with van der Waals surface area (Å²) in [6.45, 7) is 2.41. The normalized spacial score (nSPS) is 11.4. The van der Waals surface area contributed by atoms with Gasteiger partial charge in [0.25, 0.3) is 0 Å². The number of thiophene rings is 1. The zero-order valence-electron chi connectivity index (χ0n) is 9.45. The van der Waals surface area contributed by atoms with Crippen LogP contribution in [0, 0.1) is 0 Å². The summed E-state index contributed by atoms with van der Waals surface area (Å²) in [5.74, 6) is -1.24. The standard InChI is InChI=1S/C11H10N2O4S/c1-2-13-5-8(11(15)16)9(14)7-3-6(4-12-17)18-10(7)13/h3-5,17H,2H2,1H3,(H,15,16)/b12-4-. The van der Waals surface area contributed by atoms with Crippen LogP contribution in [0.5, 0.6) is 0 Å². The van der Waals surface area contributed by atoms with Crippen LogP contribution in [-0.4, -0.2) is 27.1 Å². The lowest BCUT2D eigenvalue weighted by atomic mass is 10.2. The number of aryl methyl sites for hydroxylation is 1. The van der Waals surface area contributed by atoms with E-state index in [2.05, 4.69) is 5.16 Å². The van der Waals surface area contributed by atoms with E-state index in [1.54, 1.807) is 4.57 Å². The molecule has 0 spiro atoms. The second-order valence-electron chi connectivity index (χ2n) is 3.58. The Balaban J connectivity index is 2.85. The SMILES string of the molecule is CCn1cc(C(=O)O)c(=O)c2cc(/C=N\O)sc21. The van der Waals surface area contributed by atoms with Gasteiger partial charge < -0.3 is 14.9 Å². The molecular formula is C11H10N2O4S. The van der Waals surface area contributed by atoms with E-state index in [1.807, 2.05) is 6.92 Å². The number of carboxylic acid groups (broad SMARTS) is 1. The highest BCUT2D eigenvalue weighted by atomic mass is 32.1. The fraction of sp³-hybridized carbons (Fsp3) is 0.182. The zero-order valence-corrected chi connectivity index (χ0v) is 10.3. The van der Waals surface area contributed by atoms with Crippen LogP contribution >= 0.6 is 11.3 Å². The Labute approximate surface area is 105 Å². The third-order valence-electron chi connectivity index (χ3n) is 2.52. The number of carboxylic acids is 1. The third kappa shape index (κ3) is 1.88. The van der Waals surface area contributed by atoms with Crippen LogP contribution in [0.4, 0.5) is 0 Å². The summed E-state index contributed by atoms with van der Waals surface area (Å²) in [5.41, 5.74) is -0.773. The molecule has 2 heterocycles. The van der Waals surface area contributed by atoms with Gasteiger partial charge in [-0.1, -0.05) is 5.16 Å². The maximum atomic E-state index is 12.0. The molecule has 0 aliphatic carbocycles. The quantitative estimate of drug-likeness (QED) is 0.501. The van der Waals surface area contributed by atoms with Gasteiger partial charge in [0.1, 0.15) is 10.4 Å². The van der Waals surface area contributed by atoms with Crippen molar-refractivity contribution in [3.05, 3.63) is 32.9 Å². The summed E-state index contributed by atoms with van der Waals surface area (Å²) >= 11 is 1.27. The van der Waals surface area contributed by atoms with Crippen molar-refractivity contribution >= 4 is 33.7 Å². The molecule has 0 unspecified atom stereocenters. The summed E-state index contributed by atoms with van der Waals surface area (Å²) in [4.78, 5) is 24.2. The van der Waals surface area contributed by atoms with Gasteiger partial charge >= 0.3 is 5.97 Å². The Morgan fingerprint density at radius 2 is 2.33 bits per heavy atom. The highest BCUT2D eigenvalue weighted by Gasteiger charge is 2.16. The second-order valence-corrected chi connectivity index (χ2v) is 4.64. The smallest absolute Gasteiger partial charge is 0.341 e. The van der Waals surface area contributed by atoms with Crippen LogP contribution in [0.1, 0.15) is 22.2 Å². The van der Waals surface area contributed by atoms with Crippen LogP contribution in [0.15, 0.2) is 22.2 Å². The maximum Gasteiger partial charge on any atom is 0.341 e. The number of pyridine rings is 1. The number of rotatable bonds is 3. The molecule has 0 aromatic carbocycles. The number of aromatic carboxylic acids is 1. The summed E-state index contributed by atoms with van der Waals surface area (Å²) in [6.07, 6.45) is 2.55. The van der Waals surface area contributed by atoms with Crippen molar-refractivity contribution < 1.29 is 15.1 Å². The molecule has 6 nitrogen and oxygen atoms in total. The number of fused-ring (bicyclic) bond motifs is 1. The fourth-order valence-electron chi connectivity index (χ4n) is 1.70. The van der Waals surface area contributed by atoms with Gasteiger partial charge in [-0.15, -0.1) is 11.3 Å². The number of carbonyl (C=O) groups is 1. The maximum absolute atomic E-state index is 12.0. The van der Waals surface area contributed by atoms with Crippen molar-refractivity contribution in [1.82, 2.24) is 4.57 Å². The first-order valence-corrected chi connectivity index (χ1v) is 5.97. The molecule has 94 valence electrons. The van der Waals surface area contributed by atoms with Crippen molar-refractivity contribution in [2.45, 2.75) is 13.5 Å². The van der Waals surface area contributed by atoms with E-state index < -0.39 is 11.4 Å². The van der Waals surface area contributed by atoms with E-state index >= 15 is 0 Å². The highest BCUT2D eigenvalue weighted by molar-refractivity contribution is 7.20. The van der Waals surface area contributed by atoms with E-state index in [1.165, 1.54) is 29.8 Å². The molecule has 2 aromatic heterocycles. The Hall–Kier alpha value is -2.15. The van der Waals surface area contributed by atoms with Crippen molar-refractivity contribution in [1.29, 1.82) is 0 Å². The lowest BCUT2D eigenvalue weighted by Crippen LogP contribution is -2.17. The molecule has 18 heavy (non-hydrogen) atoms. The molecule has 0 fully saturated rings. The van der Waals surface area contributed by atoms with Gasteiger partial charge in [0.05, 0.1) is 16.5 Å². The number of hydrogen-bond donors (Lipinski definition) is 2. The van der Waals surface area contributed by atoms with Crippen molar-refractivity contribution in [3.63, 3.8) is 0 Å². The molecule has 0 amide bonds. The van der Waals surface area contributed by atoms with E-state index in [9.17, 15) is 9.59 Å².